The molecule has 0 rings (SSSR count). The molecule has 84 valence electrons. The van der Waals surface area contributed by atoms with Gasteiger partial charge in [-0.25, -0.2) is 0 Å². The van der Waals surface area contributed by atoms with Crippen LogP contribution in [0.3, 0.4) is 0 Å². The summed E-state index contributed by atoms with van der Waals surface area (Å²) in [4.78, 5) is 10.6. The second kappa shape index (κ2) is 5.23. The van der Waals surface area contributed by atoms with Crippen molar-refractivity contribution >= 4 is 5.97 Å². The molecule has 0 bridgehead atoms. The standard InChI is InChI=1S/C7H15NO6/c8-7(3-10,6(13)14)5(12)4(11)1-2-9/h4-5,9-12H,1-3,8H2,(H,13,14)/t4-,5+,7+/m1/s1. The van der Waals surface area contributed by atoms with Crippen molar-refractivity contribution in [1.82, 2.24) is 0 Å². The monoisotopic (exact) mass is 209 g/mol. The fourth-order valence-corrected chi connectivity index (χ4v) is 0.921. The van der Waals surface area contributed by atoms with Gasteiger partial charge in [-0.3, -0.25) is 4.79 Å². The van der Waals surface area contributed by atoms with Gasteiger partial charge in [-0.15, -0.1) is 0 Å². The Labute approximate surface area is 80.4 Å². The van der Waals surface area contributed by atoms with E-state index >= 15 is 0 Å². The topological polar surface area (TPSA) is 144 Å². The van der Waals surface area contributed by atoms with Gasteiger partial charge in [-0.05, 0) is 6.42 Å². The highest BCUT2D eigenvalue weighted by Crippen LogP contribution is 2.13. The summed E-state index contributed by atoms with van der Waals surface area (Å²) in [5.74, 6) is -1.62. The predicted molar refractivity (Wildman–Crippen MR) is 45.4 cm³/mol. The Hall–Kier alpha value is -0.730. The molecule has 7 nitrogen and oxygen atoms in total. The van der Waals surface area contributed by atoms with Gasteiger partial charge in [-0.1, -0.05) is 0 Å². The maximum absolute atomic E-state index is 10.6. The third-order valence-corrected chi connectivity index (χ3v) is 1.98. The van der Waals surface area contributed by atoms with E-state index in [0.29, 0.717) is 0 Å². The van der Waals surface area contributed by atoms with Crippen molar-refractivity contribution in [3.8, 4) is 0 Å². The van der Waals surface area contributed by atoms with Crippen molar-refractivity contribution in [2.45, 2.75) is 24.2 Å². The maximum atomic E-state index is 10.6. The Morgan fingerprint density at radius 1 is 1.36 bits per heavy atom. The number of carboxylic acid groups (broad SMARTS) is 1. The molecule has 0 aliphatic carbocycles. The lowest BCUT2D eigenvalue weighted by Crippen LogP contribution is -2.63. The van der Waals surface area contributed by atoms with Gasteiger partial charge < -0.3 is 31.3 Å². The van der Waals surface area contributed by atoms with Crippen molar-refractivity contribution in [3.63, 3.8) is 0 Å². The van der Waals surface area contributed by atoms with Crippen molar-refractivity contribution in [2.75, 3.05) is 13.2 Å². The number of aliphatic carboxylic acids is 1. The van der Waals surface area contributed by atoms with Crippen LogP contribution in [0.15, 0.2) is 0 Å². The number of carboxylic acids is 1. The molecule has 0 amide bonds. The highest BCUT2D eigenvalue weighted by molar-refractivity contribution is 5.79. The lowest BCUT2D eigenvalue weighted by atomic mass is 9.89. The zero-order valence-corrected chi connectivity index (χ0v) is 7.50. The molecule has 0 aromatic rings. The first-order valence-electron chi connectivity index (χ1n) is 4.00. The molecule has 7 N–H and O–H groups in total. The second-order valence-corrected chi connectivity index (χ2v) is 3.03. The zero-order chi connectivity index (χ0) is 11.4. The Balaban J connectivity index is 4.60. The van der Waals surface area contributed by atoms with E-state index < -0.39 is 36.9 Å². The summed E-state index contributed by atoms with van der Waals surface area (Å²) in [6.07, 6.45) is -3.54. The molecule has 0 heterocycles. The fourth-order valence-electron chi connectivity index (χ4n) is 0.921. The van der Waals surface area contributed by atoms with Gasteiger partial charge in [0.05, 0.1) is 12.7 Å². The minimum absolute atomic E-state index is 0.215. The third kappa shape index (κ3) is 2.63. The van der Waals surface area contributed by atoms with E-state index in [2.05, 4.69) is 0 Å². The van der Waals surface area contributed by atoms with Gasteiger partial charge in [0.15, 0.2) is 5.54 Å². The Morgan fingerprint density at radius 3 is 2.14 bits per heavy atom. The summed E-state index contributed by atoms with van der Waals surface area (Å²) >= 11 is 0. The van der Waals surface area contributed by atoms with Crippen LogP contribution in [-0.2, 0) is 4.79 Å². The summed E-state index contributed by atoms with van der Waals surface area (Å²) < 4.78 is 0. The van der Waals surface area contributed by atoms with Crippen molar-refractivity contribution in [3.05, 3.63) is 0 Å². The molecule has 0 aliphatic rings. The number of rotatable bonds is 6. The van der Waals surface area contributed by atoms with Crippen LogP contribution < -0.4 is 5.73 Å². The van der Waals surface area contributed by atoms with Gasteiger partial charge in [0, 0.05) is 6.61 Å². The molecule has 0 radical (unpaired) electrons. The van der Waals surface area contributed by atoms with Crippen molar-refractivity contribution < 1.29 is 30.3 Å². The summed E-state index contributed by atoms with van der Waals surface area (Å²) in [5.41, 5.74) is 2.86. The smallest absolute Gasteiger partial charge is 0.328 e. The lowest BCUT2D eigenvalue weighted by molar-refractivity contribution is -0.155. The summed E-state index contributed by atoms with van der Waals surface area (Å²) in [6, 6.07) is 0. The summed E-state index contributed by atoms with van der Waals surface area (Å²) in [5, 5.41) is 44.2. The van der Waals surface area contributed by atoms with Gasteiger partial charge in [-0.2, -0.15) is 0 Å². The number of aliphatic hydroxyl groups excluding tert-OH is 4. The van der Waals surface area contributed by atoms with Crippen LogP contribution in [0.2, 0.25) is 0 Å². The summed E-state index contributed by atoms with van der Waals surface area (Å²) in [7, 11) is 0. The molecule has 3 atom stereocenters. The van der Waals surface area contributed by atoms with E-state index in [9.17, 15) is 9.90 Å². The molecule has 0 fully saturated rings. The average molecular weight is 209 g/mol. The number of aliphatic hydroxyl groups is 4. The minimum Gasteiger partial charge on any atom is -0.480 e. The van der Waals surface area contributed by atoms with Crippen LogP contribution in [0.5, 0.6) is 0 Å². The van der Waals surface area contributed by atoms with Gasteiger partial charge in [0.25, 0.3) is 0 Å². The van der Waals surface area contributed by atoms with E-state index in [-0.39, 0.29) is 6.42 Å². The molecular formula is C7H15NO6. The Morgan fingerprint density at radius 2 is 1.86 bits per heavy atom. The van der Waals surface area contributed by atoms with Crippen molar-refractivity contribution in [1.29, 1.82) is 0 Å². The first-order chi connectivity index (χ1) is 6.40. The molecule has 0 spiro atoms. The van der Waals surface area contributed by atoms with E-state index in [1.54, 1.807) is 0 Å². The molecular weight excluding hydrogens is 194 g/mol. The lowest BCUT2D eigenvalue weighted by Gasteiger charge is -2.30. The van der Waals surface area contributed by atoms with Crippen molar-refractivity contribution in [2.24, 2.45) is 5.73 Å². The molecule has 0 unspecified atom stereocenters. The van der Waals surface area contributed by atoms with E-state index in [1.807, 2.05) is 0 Å². The van der Waals surface area contributed by atoms with Crippen LogP contribution in [0.4, 0.5) is 0 Å². The van der Waals surface area contributed by atoms with Gasteiger partial charge in [0.1, 0.15) is 6.10 Å². The Bertz CT molecular complexity index is 199. The normalized spacial score (nSPS) is 19.8. The highest BCUT2D eigenvalue weighted by Gasteiger charge is 2.44. The van der Waals surface area contributed by atoms with Crippen LogP contribution in [0.1, 0.15) is 6.42 Å². The molecule has 0 aliphatic heterocycles. The largest absolute Gasteiger partial charge is 0.480 e. The SMILES string of the molecule is N[C@](CO)(C(=O)O)[C@@H](O)[C@H](O)CCO. The van der Waals surface area contributed by atoms with Crippen LogP contribution >= 0.6 is 0 Å². The minimum atomic E-state index is -2.31. The van der Waals surface area contributed by atoms with Crippen LogP contribution in [0, 0.1) is 0 Å². The molecule has 0 saturated carbocycles. The zero-order valence-electron chi connectivity index (χ0n) is 7.50. The average Bonchev–Trinajstić information content (AvgIpc) is 2.15. The molecule has 7 heteroatoms. The van der Waals surface area contributed by atoms with Crippen LogP contribution in [-0.4, -0.2) is 62.5 Å². The third-order valence-electron chi connectivity index (χ3n) is 1.98. The molecule has 14 heavy (non-hydrogen) atoms. The Kier molecular flexibility index (Phi) is 4.95. The predicted octanol–water partition coefficient (Wildman–Crippen LogP) is -3.13. The van der Waals surface area contributed by atoms with Crippen LogP contribution in [0.25, 0.3) is 0 Å². The number of carbonyl (C=O) groups is 1. The molecule has 0 aromatic carbocycles. The van der Waals surface area contributed by atoms with Gasteiger partial charge >= 0.3 is 5.97 Å². The second-order valence-electron chi connectivity index (χ2n) is 3.03. The van der Waals surface area contributed by atoms with E-state index in [0.717, 1.165) is 0 Å². The quantitative estimate of drug-likeness (QED) is 0.271. The van der Waals surface area contributed by atoms with E-state index in [1.165, 1.54) is 0 Å². The number of hydrogen-bond donors (Lipinski definition) is 6. The first-order valence-corrected chi connectivity index (χ1v) is 4.00. The van der Waals surface area contributed by atoms with E-state index in [4.69, 9.17) is 26.2 Å². The highest BCUT2D eigenvalue weighted by atomic mass is 16.4. The first kappa shape index (κ1) is 13.3. The molecule has 0 aromatic heterocycles. The fraction of sp³-hybridized carbons (Fsp3) is 0.857. The van der Waals surface area contributed by atoms with Gasteiger partial charge in [0.2, 0.25) is 0 Å². The number of hydrogen-bond acceptors (Lipinski definition) is 6. The number of nitrogens with two attached hydrogens (primary N) is 1. The summed E-state index contributed by atoms with van der Waals surface area (Å²) in [6.45, 7) is -1.43. The molecule has 0 saturated heterocycles. The maximum Gasteiger partial charge on any atom is 0.328 e.